The largest absolute Gasteiger partial charge is 0.493 e. The predicted molar refractivity (Wildman–Crippen MR) is 127 cm³/mol. The topological polar surface area (TPSA) is 47.6 Å². The number of methoxy groups -OCH3 is 2. The zero-order valence-corrected chi connectivity index (χ0v) is 19.3. The molecule has 0 spiro atoms. The van der Waals surface area contributed by atoms with E-state index in [0.717, 1.165) is 17.7 Å². The molecule has 0 bridgehead atoms. The number of ether oxygens (including phenoxy) is 2. The van der Waals surface area contributed by atoms with Crippen LogP contribution in [0.25, 0.3) is 0 Å². The Morgan fingerprint density at radius 2 is 1.61 bits per heavy atom. The van der Waals surface area contributed by atoms with E-state index in [1.165, 1.54) is 5.56 Å². The number of aryl methyl sites for hydroxylation is 1. The molecule has 0 heterocycles. The molecule has 162 valence electrons. The van der Waals surface area contributed by atoms with Crippen molar-refractivity contribution in [3.63, 3.8) is 0 Å². The van der Waals surface area contributed by atoms with Crippen LogP contribution >= 0.6 is 23.2 Å². The van der Waals surface area contributed by atoms with E-state index in [9.17, 15) is 4.79 Å². The van der Waals surface area contributed by atoms with Crippen molar-refractivity contribution in [3.05, 3.63) is 87.4 Å². The lowest BCUT2D eigenvalue weighted by Crippen LogP contribution is -2.16. The average Bonchev–Trinajstić information content (AvgIpc) is 2.80. The molecular weight excluding hydrogens is 433 g/mol. The maximum Gasteiger partial charge on any atom is 0.165 e. The predicted octanol–water partition coefficient (Wildman–Crippen LogP) is 7.00. The molecule has 31 heavy (non-hydrogen) atoms. The summed E-state index contributed by atoms with van der Waals surface area (Å²) in [7, 11) is 3.11. The van der Waals surface area contributed by atoms with E-state index in [-0.39, 0.29) is 18.2 Å². The van der Waals surface area contributed by atoms with Gasteiger partial charge in [0.2, 0.25) is 0 Å². The molecule has 6 heteroatoms. The second-order valence-corrected chi connectivity index (χ2v) is 7.93. The molecule has 4 nitrogen and oxygen atoms in total. The van der Waals surface area contributed by atoms with Gasteiger partial charge in [-0.3, -0.25) is 4.79 Å². The Morgan fingerprint density at radius 3 is 2.23 bits per heavy atom. The molecule has 0 fully saturated rings. The van der Waals surface area contributed by atoms with Gasteiger partial charge in [0.1, 0.15) is 0 Å². The van der Waals surface area contributed by atoms with E-state index in [0.29, 0.717) is 27.1 Å². The normalized spacial score (nSPS) is 11.6. The highest BCUT2D eigenvalue weighted by atomic mass is 35.5. The fourth-order valence-corrected chi connectivity index (χ4v) is 3.64. The number of halogens is 2. The third kappa shape index (κ3) is 5.72. The van der Waals surface area contributed by atoms with E-state index < -0.39 is 0 Å². The number of ketones is 1. The first kappa shape index (κ1) is 23.0. The Hall–Kier alpha value is -2.69. The Balaban J connectivity index is 1.89. The first-order valence-corrected chi connectivity index (χ1v) is 10.8. The van der Waals surface area contributed by atoms with Crippen LogP contribution in [0.2, 0.25) is 10.0 Å². The van der Waals surface area contributed by atoms with Gasteiger partial charge in [-0.05, 0) is 60.0 Å². The van der Waals surface area contributed by atoms with Crippen LogP contribution in [0.15, 0.2) is 60.7 Å². The minimum Gasteiger partial charge on any atom is -0.493 e. The minimum absolute atomic E-state index is 0.0327. The number of rotatable bonds is 9. The van der Waals surface area contributed by atoms with Gasteiger partial charge in [0, 0.05) is 17.7 Å². The molecule has 0 aliphatic rings. The molecule has 0 saturated heterocycles. The zero-order chi connectivity index (χ0) is 22.4. The summed E-state index contributed by atoms with van der Waals surface area (Å²) in [6, 6.07) is 18.5. The van der Waals surface area contributed by atoms with E-state index in [1.54, 1.807) is 44.6 Å². The van der Waals surface area contributed by atoms with Crippen LogP contribution in [-0.2, 0) is 6.42 Å². The average molecular weight is 458 g/mol. The second-order valence-electron chi connectivity index (χ2n) is 7.12. The number of benzene rings is 3. The molecule has 0 aliphatic carbocycles. The van der Waals surface area contributed by atoms with Crippen molar-refractivity contribution in [1.29, 1.82) is 0 Å². The second kappa shape index (κ2) is 10.6. The van der Waals surface area contributed by atoms with E-state index >= 15 is 0 Å². The first-order valence-electron chi connectivity index (χ1n) is 10.0. The van der Waals surface area contributed by atoms with Crippen LogP contribution in [0.3, 0.4) is 0 Å². The number of hydrogen-bond donors (Lipinski definition) is 1. The fraction of sp³-hybridized carbons (Fsp3) is 0.240. The molecule has 3 aromatic carbocycles. The number of Topliss-reactive ketones (excluding diaryl/α,β-unsaturated/α-hetero) is 1. The summed E-state index contributed by atoms with van der Waals surface area (Å²) in [6.07, 6.45) is 1.19. The molecule has 1 N–H and O–H groups in total. The molecular formula is C25H25Cl2NO3. The summed E-state index contributed by atoms with van der Waals surface area (Å²) < 4.78 is 10.6. The van der Waals surface area contributed by atoms with E-state index in [1.807, 2.05) is 18.2 Å². The summed E-state index contributed by atoms with van der Waals surface area (Å²) in [4.78, 5) is 13.1. The third-order valence-corrected chi connectivity index (χ3v) is 5.88. The molecule has 3 aromatic rings. The van der Waals surface area contributed by atoms with Gasteiger partial charge >= 0.3 is 0 Å². The highest BCUT2D eigenvalue weighted by molar-refractivity contribution is 6.42. The lowest BCUT2D eigenvalue weighted by Gasteiger charge is -2.21. The van der Waals surface area contributed by atoms with Gasteiger partial charge in [0.25, 0.3) is 0 Å². The molecule has 0 saturated carbocycles. The number of anilines is 1. The monoisotopic (exact) mass is 457 g/mol. The minimum atomic E-state index is -0.289. The van der Waals surface area contributed by atoms with Gasteiger partial charge in [0.15, 0.2) is 17.3 Å². The summed E-state index contributed by atoms with van der Waals surface area (Å²) in [6.45, 7) is 2.11. The third-order valence-electron chi connectivity index (χ3n) is 5.14. The van der Waals surface area contributed by atoms with Crippen molar-refractivity contribution in [2.75, 3.05) is 19.5 Å². The first-order chi connectivity index (χ1) is 14.9. The summed E-state index contributed by atoms with van der Waals surface area (Å²) >= 11 is 12.3. The van der Waals surface area contributed by atoms with Crippen molar-refractivity contribution >= 4 is 34.7 Å². The van der Waals surface area contributed by atoms with Crippen molar-refractivity contribution in [3.8, 4) is 11.5 Å². The number of carbonyl (C=O) groups is 1. The van der Waals surface area contributed by atoms with Gasteiger partial charge in [0.05, 0.1) is 30.3 Å². The highest BCUT2D eigenvalue weighted by Crippen LogP contribution is 2.32. The number of nitrogens with one attached hydrogen (secondary N) is 1. The SMILES string of the molecule is CCc1ccc(NC(CC(=O)c2ccc(OC)c(OC)c2)c2ccc(Cl)c(Cl)c2)cc1. The van der Waals surface area contributed by atoms with Crippen LogP contribution in [0.5, 0.6) is 11.5 Å². The highest BCUT2D eigenvalue weighted by Gasteiger charge is 2.20. The molecule has 3 rings (SSSR count). The number of hydrogen-bond acceptors (Lipinski definition) is 4. The smallest absolute Gasteiger partial charge is 0.165 e. The molecule has 0 radical (unpaired) electrons. The zero-order valence-electron chi connectivity index (χ0n) is 17.7. The Bertz CT molecular complexity index is 1050. The van der Waals surface area contributed by atoms with Crippen LogP contribution in [0.4, 0.5) is 5.69 Å². The van der Waals surface area contributed by atoms with Crippen molar-refractivity contribution in [1.82, 2.24) is 0 Å². The standard InChI is InChI=1S/C25H25Cl2NO3/c1-4-16-5-9-19(10-6-16)28-22(17-7-11-20(26)21(27)13-17)15-23(29)18-8-12-24(30-2)25(14-18)31-3/h5-14,22,28H,4,15H2,1-3H3. The fourth-order valence-electron chi connectivity index (χ4n) is 3.33. The summed E-state index contributed by atoms with van der Waals surface area (Å²) in [5.74, 6) is 1.06. The van der Waals surface area contributed by atoms with Crippen molar-refractivity contribution in [2.45, 2.75) is 25.8 Å². The van der Waals surface area contributed by atoms with Crippen LogP contribution in [-0.4, -0.2) is 20.0 Å². The van der Waals surface area contributed by atoms with Crippen molar-refractivity contribution < 1.29 is 14.3 Å². The van der Waals surface area contributed by atoms with Crippen LogP contribution in [0.1, 0.15) is 40.9 Å². The maximum absolute atomic E-state index is 13.1. The van der Waals surface area contributed by atoms with E-state index in [4.69, 9.17) is 32.7 Å². The lowest BCUT2D eigenvalue weighted by atomic mass is 9.97. The Kier molecular flexibility index (Phi) is 7.83. The van der Waals surface area contributed by atoms with Crippen molar-refractivity contribution in [2.24, 2.45) is 0 Å². The quantitative estimate of drug-likeness (QED) is 0.351. The van der Waals surface area contributed by atoms with Gasteiger partial charge in [-0.25, -0.2) is 0 Å². The molecule has 1 atom stereocenters. The molecule has 0 amide bonds. The van der Waals surface area contributed by atoms with Crippen LogP contribution in [0, 0.1) is 0 Å². The Morgan fingerprint density at radius 1 is 0.903 bits per heavy atom. The Labute approximate surface area is 193 Å². The molecule has 0 aromatic heterocycles. The van der Waals surface area contributed by atoms with Gasteiger partial charge in [-0.1, -0.05) is 48.3 Å². The molecule has 1 unspecified atom stereocenters. The number of carbonyl (C=O) groups excluding carboxylic acids is 1. The van der Waals surface area contributed by atoms with Gasteiger partial charge < -0.3 is 14.8 Å². The van der Waals surface area contributed by atoms with Gasteiger partial charge in [-0.15, -0.1) is 0 Å². The van der Waals surface area contributed by atoms with E-state index in [2.05, 4.69) is 24.4 Å². The summed E-state index contributed by atoms with van der Waals surface area (Å²) in [5.41, 5.74) is 3.60. The maximum atomic E-state index is 13.1. The molecule has 0 aliphatic heterocycles. The van der Waals surface area contributed by atoms with Gasteiger partial charge in [-0.2, -0.15) is 0 Å². The summed E-state index contributed by atoms with van der Waals surface area (Å²) in [5, 5.41) is 4.39. The lowest BCUT2D eigenvalue weighted by molar-refractivity contribution is 0.0976. The van der Waals surface area contributed by atoms with Crippen LogP contribution < -0.4 is 14.8 Å².